The zero-order chi connectivity index (χ0) is 18.7. The van der Waals surface area contributed by atoms with E-state index >= 15 is 0 Å². The molecule has 1 aliphatic rings. The summed E-state index contributed by atoms with van der Waals surface area (Å²) in [5.74, 6) is -0.157. The van der Waals surface area contributed by atoms with Crippen LogP contribution in [0.25, 0.3) is 0 Å². The quantitative estimate of drug-likeness (QED) is 0.753. The van der Waals surface area contributed by atoms with Crippen molar-refractivity contribution >= 4 is 35.1 Å². The lowest BCUT2D eigenvalue weighted by Crippen LogP contribution is -2.42. The molecule has 0 fully saturated rings. The van der Waals surface area contributed by atoms with Gasteiger partial charge in [-0.2, -0.15) is 0 Å². The van der Waals surface area contributed by atoms with E-state index in [1.165, 1.54) is 0 Å². The predicted octanol–water partition coefficient (Wildman–Crippen LogP) is 4.86. The van der Waals surface area contributed by atoms with Crippen molar-refractivity contribution in [3.8, 4) is 0 Å². The van der Waals surface area contributed by atoms with Crippen molar-refractivity contribution in [1.82, 2.24) is 15.2 Å². The standard InChI is InChI=1S/C18H19Cl2FN4O.CH4/c1-2-22-17-16(21)13-10-25(6-5-12(13)9-23-17)18(26)24-8-11-3-4-14(19)15(20)7-11;/h3-4,7,9H,2,5-6,8,10H2,1H3,(H,22,23)(H,24,26);1H4. The second kappa shape index (κ2) is 9.24. The van der Waals surface area contributed by atoms with Crippen molar-refractivity contribution in [1.29, 1.82) is 0 Å². The summed E-state index contributed by atoms with van der Waals surface area (Å²) in [4.78, 5) is 18.2. The summed E-state index contributed by atoms with van der Waals surface area (Å²) in [6.45, 7) is 3.51. The number of urea groups is 1. The van der Waals surface area contributed by atoms with Crippen molar-refractivity contribution in [3.63, 3.8) is 0 Å². The van der Waals surface area contributed by atoms with Gasteiger partial charge in [0.05, 0.1) is 16.6 Å². The maximum absolute atomic E-state index is 14.6. The molecule has 2 heterocycles. The topological polar surface area (TPSA) is 57.3 Å². The third kappa shape index (κ3) is 4.82. The number of carbonyl (C=O) groups excluding carboxylic acids is 1. The summed E-state index contributed by atoms with van der Waals surface area (Å²) in [6.07, 6.45) is 2.26. The maximum Gasteiger partial charge on any atom is 0.317 e. The van der Waals surface area contributed by atoms with Gasteiger partial charge in [-0.3, -0.25) is 0 Å². The van der Waals surface area contributed by atoms with E-state index in [4.69, 9.17) is 23.2 Å². The minimum atomic E-state index is -0.383. The van der Waals surface area contributed by atoms with E-state index in [2.05, 4.69) is 15.6 Å². The maximum atomic E-state index is 14.6. The normalized spacial score (nSPS) is 12.8. The van der Waals surface area contributed by atoms with Gasteiger partial charge < -0.3 is 15.5 Å². The molecule has 5 nitrogen and oxygen atoms in total. The number of amides is 2. The number of hydrogen-bond donors (Lipinski definition) is 2. The molecule has 0 aliphatic carbocycles. The molecule has 0 spiro atoms. The molecule has 2 aromatic rings. The Kier molecular flexibility index (Phi) is 7.27. The van der Waals surface area contributed by atoms with Crippen LogP contribution in [0, 0.1) is 5.82 Å². The van der Waals surface area contributed by atoms with Crippen LogP contribution in [0.2, 0.25) is 10.0 Å². The van der Waals surface area contributed by atoms with Gasteiger partial charge >= 0.3 is 6.03 Å². The molecule has 1 aliphatic heterocycles. The molecule has 0 atom stereocenters. The van der Waals surface area contributed by atoms with Crippen LogP contribution < -0.4 is 10.6 Å². The SMILES string of the molecule is C.CCNc1ncc2c(c1F)CN(C(=O)NCc1ccc(Cl)c(Cl)c1)CC2. The van der Waals surface area contributed by atoms with Crippen LogP contribution in [0.15, 0.2) is 24.4 Å². The molecule has 0 bridgehead atoms. The zero-order valence-electron chi connectivity index (χ0n) is 14.3. The van der Waals surface area contributed by atoms with E-state index in [0.717, 1.165) is 11.1 Å². The van der Waals surface area contributed by atoms with E-state index in [-0.39, 0.29) is 31.6 Å². The van der Waals surface area contributed by atoms with E-state index in [9.17, 15) is 9.18 Å². The first kappa shape index (κ1) is 21.3. The van der Waals surface area contributed by atoms with Gasteiger partial charge in [0.15, 0.2) is 11.6 Å². The van der Waals surface area contributed by atoms with Gasteiger partial charge in [0, 0.05) is 31.4 Å². The third-order valence-corrected chi connectivity index (χ3v) is 5.01. The Morgan fingerprint density at radius 3 is 2.81 bits per heavy atom. The Morgan fingerprint density at radius 2 is 2.11 bits per heavy atom. The third-order valence-electron chi connectivity index (χ3n) is 4.27. The molecule has 8 heteroatoms. The molecule has 0 unspecified atom stereocenters. The molecular weight excluding hydrogens is 390 g/mol. The van der Waals surface area contributed by atoms with Crippen LogP contribution in [0.1, 0.15) is 31.0 Å². The van der Waals surface area contributed by atoms with Gasteiger partial charge in [0.2, 0.25) is 0 Å². The first-order valence-corrected chi connectivity index (χ1v) is 9.12. The van der Waals surface area contributed by atoms with Crippen LogP contribution in [-0.2, 0) is 19.5 Å². The molecule has 146 valence electrons. The highest BCUT2D eigenvalue weighted by atomic mass is 35.5. The summed E-state index contributed by atoms with van der Waals surface area (Å²) >= 11 is 11.9. The van der Waals surface area contributed by atoms with Gasteiger partial charge in [-0.15, -0.1) is 0 Å². The number of nitrogens with one attached hydrogen (secondary N) is 2. The lowest BCUT2D eigenvalue weighted by Gasteiger charge is -2.29. The molecule has 27 heavy (non-hydrogen) atoms. The van der Waals surface area contributed by atoms with Crippen molar-refractivity contribution in [2.75, 3.05) is 18.4 Å². The average Bonchev–Trinajstić information content (AvgIpc) is 2.64. The largest absolute Gasteiger partial charge is 0.368 e. The predicted molar refractivity (Wildman–Crippen MR) is 108 cm³/mol. The van der Waals surface area contributed by atoms with Crippen molar-refractivity contribution in [2.45, 2.75) is 33.9 Å². The van der Waals surface area contributed by atoms with Crippen molar-refractivity contribution in [3.05, 3.63) is 56.9 Å². The van der Waals surface area contributed by atoms with E-state index < -0.39 is 0 Å². The van der Waals surface area contributed by atoms with E-state index in [1.807, 2.05) is 6.92 Å². The number of anilines is 1. The average molecular weight is 413 g/mol. The van der Waals surface area contributed by atoms with E-state index in [0.29, 0.717) is 41.7 Å². The number of fused-ring (bicyclic) bond motifs is 1. The van der Waals surface area contributed by atoms with Gasteiger partial charge in [-0.05, 0) is 36.6 Å². The lowest BCUT2D eigenvalue weighted by molar-refractivity contribution is 0.191. The summed E-state index contributed by atoms with van der Waals surface area (Å²) in [5.41, 5.74) is 2.21. The summed E-state index contributed by atoms with van der Waals surface area (Å²) < 4.78 is 14.6. The van der Waals surface area contributed by atoms with Gasteiger partial charge in [-0.1, -0.05) is 36.7 Å². The smallest absolute Gasteiger partial charge is 0.317 e. The van der Waals surface area contributed by atoms with Crippen molar-refractivity contribution < 1.29 is 9.18 Å². The van der Waals surface area contributed by atoms with Crippen LogP contribution in [0.3, 0.4) is 0 Å². The molecule has 0 radical (unpaired) electrons. The molecule has 1 aromatic carbocycles. The fourth-order valence-corrected chi connectivity index (χ4v) is 3.20. The second-order valence-electron chi connectivity index (χ2n) is 6.03. The summed E-state index contributed by atoms with van der Waals surface area (Å²) in [5, 5.41) is 6.64. The second-order valence-corrected chi connectivity index (χ2v) is 6.85. The van der Waals surface area contributed by atoms with Crippen LogP contribution in [-0.4, -0.2) is 29.0 Å². The number of halogens is 3. The number of pyridine rings is 1. The number of nitrogens with zero attached hydrogens (tertiary/aromatic N) is 2. The Morgan fingerprint density at radius 1 is 1.33 bits per heavy atom. The fraction of sp³-hybridized carbons (Fsp3) is 0.368. The lowest BCUT2D eigenvalue weighted by atomic mass is 10.0. The Bertz CT molecular complexity index is 832. The molecule has 0 saturated heterocycles. The highest BCUT2D eigenvalue weighted by Crippen LogP contribution is 2.25. The van der Waals surface area contributed by atoms with Crippen LogP contribution in [0.5, 0.6) is 0 Å². The first-order valence-electron chi connectivity index (χ1n) is 8.36. The highest BCUT2D eigenvalue weighted by Gasteiger charge is 2.25. The number of aromatic nitrogens is 1. The number of benzene rings is 1. The molecule has 0 saturated carbocycles. The minimum absolute atomic E-state index is 0. The number of carbonyl (C=O) groups is 1. The van der Waals surface area contributed by atoms with Gasteiger partial charge in [0.25, 0.3) is 0 Å². The van der Waals surface area contributed by atoms with Gasteiger partial charge in [0.1, 0.15) is 0 Å². The Balaban J connectivity index is 0.00000261. The fourth-order valence-electron chi connectivity index (χ4n) is 2.88. The molecular formula is C19H23Cl2FN4O. The van der Waals surface area contributed by atoms with E-state index in [1.54, 1.807) is 29.3 Å². The van der Waals surface area contributed by atoms with Crippen LogP contribution >= 0.6 is 23.2 Å². The number of rotatable bonds is 4. The molecule has 2 amide bonds. The Hall–Kier alpha value is -2.05. The summed E-state index contributed by atoms with van der Waals surface area (Å²) in [6, 6.07) is 4.95. The zero-order valence-corrected chi connectivity index (χ0v) is 15.8. The van der Waals surface area contributed by atoms with Crippen molar-refractivity contribution in [2.24, 2.45) is 0 Å². The monoisotopic (exact) mass is 412 g/mol. The Labute approximate surface area is 168 Å². The van der Waals surface area contributed by atoms with Crippen LogP contribution in [0.4, 0.5) is 15.0 Å². The highest BCUT2D eigenvalue weighted by molar-refractivity contribution is 6.42. The first-order chi connectivity index (χ1) is 12.5. The van der Waals surface area contributed by atoms with Gasteiger partial charge in [-0.25, -0.2) is 14.2 Å². The summed E-state index contributed by atoms with van der Waals surface area (Å²) in [7, 11) is 0. The molecule has 2 N–H and O–H groups in total. The number of hydrogen-bond acceptors (Lipinski definition) is 3. The molecule has 1 aromatic heterocycles. The molecule has 3 rings (SSSR count). The minimum Gasteiger partial charge on any atom is -0.368 e.